The second-order valence-corrected chi connectivity index (χ2v) is 21.9. The number of hydrogen-bond acceptors (Lipinski definition) is 1. The SMILES string of the molecule is C[C](C)=[Zr+2].C[Si](C)(C)OCC[Si](C)(C)C1=[C-]CC=C1.[Cl-].[Cl-].c1ccc2c(c1)[cH-]c1ccccc12. The molecule has 1 aliphatic rings. The van der Waals surface area contributed by atoms with E-state index in [2.05, 4.69) is 119 Å². The largest absolute Gasteiger partial charge is 1.00 e. The van der Waals surface area contributed by atoms with Crippen LogP contribution in [0.4, 0.5) is 0 Å². The molecule has 4 rings (SSSR count). The average Bonchev–Trinajstić information content (AvgIpc) is 3.35. The summed E-state index contributed by atoms with van der Waals surface area (Å²) in [5, 5.41) is 6.88. The molecule has 0 amide bonds. The van der Waals surface area contributed by atoms with Crippen LogP contribution in [0.1, 0.15) is 20.3 Å². The third-order valence-corrected chi connectivity index (χ3v) is 9.53. The molecule has 0 aliphatic heterocycles. The first kappa shape index (κ1) is 33.5. The van der Waals surface area contributed by atoms with Gasteiger partial charge in [-0.2, -0.15) is 6.08 Å². The molecule has 34 heavy (non-hydrogen) atoms. The van der Waals surface area contributed by atoms with Crippen LogP contribution in [0.2, 0.25) is 38.8 Å². The Labute approximate surface area is 236 Å². The van der Waals surface area contributed by atoms with Crippen LogP contribution in [0.25, 0.3) is 21.5 Å². The molecular formula is C28H38Cl2OSi2Zr-2. The first-order chi connectivity index (χ1) is 15.0. The van der Waals surface area contributed by atoms with Gasteiger partial charge in [0.05, 0.1) is 0 Å². The van der Waals surface area contributed by atoms with E-state index < -0.39 is 16.4 Å². The van der Waals surface area contributed by atoms with Crippen molar-refractivity contribution in [2.75, 3.05) is 6.61 Å². The van der Waals surface area contributed by atoms with E-state index in [1.165, 1.54) is 36.0 Å². The monoisotopic (exact) mass is 606 g/mol. The molecule has 0 unspecified atom stereocenters. The van der Waals surface area contributed by atoms with E-state index in [4.69, 9.17) is 4.43 Å². The van der Waals surface area contributed by atoms with Crippen molar-refractivity contribution in [3.05, 3.63) is 78.0 Å². The summed E-state index contributed by atoms with van der Waals surface area (Å²) in [6, 6.07) is 20.5. The molecular weight excluding hydrogens is 571 g/mol. The van der Waals surface area contributed by atoms with Gasteiger partial charge in [-0.05, 0) is 25.7 Å². The maximum atomic E-state index is 5.93. The summed E-state index contributed by atoms with van der Waals surface area (Å²) in [6.07, 6.45) is 8.96. The van der Waals surface area contributed by atoms with Crippen LogP contribution in [-0.4, -0.2) is 26.2 Å². The number of fused-ring (bicyclic) bond motifs is 3. The van der Waals surface area contributed by atoms with Gasteiger partial charge < -0.3 is 29.2 Å². The zero-order valence-electron chi connectivity index (χ0n) is 21.6. The summed E-state index contributed by atoms with van der Waals surface area (Å²) < 4.78 is 7.44. The van der Waals surface area contributed by atoms with Crippen LogP contribution in [0.5, 0.6) is 0 Å². The molecule has 3 aromatic carbocycles. The van der Waals surface area contributed by atoms with E-state index in [1.807, 2.05) is 0 Å². The van der Waals surface area contributed by atoms with Crippen molar-refractivity contribution in [3.63, 3.8) is 0 Å². The maximum Gasteiger partial charge on any atom is 0.183 e. The predicted octanol–water partition coefficient (Wildman–Crippen LogP) is 2.24. The standard InChI is InChI=1S/C13H9.C12H23OSi2.C3H6.2ClH.Zr/c1-3-7-12-10(5-1)9-11-6-2-4-8-13(11)12;1-14(2,3)13-10-11-15(4,5)12-8-6-7-9-12;1-3-2;;;/h1-9H;6,8H,7,10-11H2,1-5H3;1-2H3;2*1H;/q2*-1;;;;+2/p-2. The van der Waals surface area contributed by atoms with Gasteiger partial charge >= 0.3 is 41.3 Å². The molecule has 0 saturated heterocycles. The van der Waals surface area contributed by atoms with Gasteiger partial charge in [0.25, 0.3) is 0 Å². The number of hydrogen-bond donors (Lipinski definition) is 0. The molecule has 1 nitrogen and oxygen atoms in total. The Morgan fingerprint density at radius 3 is 1.79 bits per heavy atom. The van der Waals surface area contributed by atoms with Crippen LogP contribution in [0.15, 0.2) is 71.9 Å². The molecule has 0 spiro atoms. The molecule has 1 aliphatic carbocycles. The Morgan fingerprint density at radius 1 is 0.912 bits per heavy atom. The molecule has 0 radical (unpaired) electrons. The van der Waals surface area contributed by atoms with Crippen LogP contribution in [-0.2, 0) is 28.7 Å². The third kappa shape index (κ3) is 11.5. The first-order valence-electron chi connectivity index (χ1n) is 11.5. The van der Waals surface area contributed by atoms with E-state index in [0.717, 1.165) is 13.0 Å². The van der Waals surface area contributed by atoms with Gasteiger partial charge in [0.15, 0.2) is 8.32 Å². The summed E-state index contributed by atoms with van der Waals surface area (Å²) in [7, 11) is -2.58. The Bertz CT molecular complexity index is 1040. The fraction of sp³-hybridized carbons (Fsp3) is 0.357. The van der Waals surface area contributed by atoms with Gasteiger partial charge in [0.1, 0.15) is 0 Å². The molecule has 0 aromatic heterocycles. The first-order valence-corrected chi connectivity index (χ1v) is 19.3. The number of rotatable bonds is 5. The van der Waals surface area contributed by atoms with Gasteiger partial charge in [-0.25, -0.2) is 11.3 Å². The Morgan fingerprint density at radius 2 is 1.38 bits per heavy atom. The second-order valence-electron chi connectivity index (χ2n) is 10.1. The van der Waals surface area contributed by atoms with Crippen molar-refractivity contribution in [1.29, 1.82) is 0 Å². The fourth-order valence-electron chi connectivity index (χ4n) is 3.52. The molecule has 0 saturated carbocycles. The Hall–Kier alpha value is -0.483. The summed E-state index contributed by atoms with van der Waals surface area (Å²) in [5.41, 5.74) is 0. The van der Waals surface area contributed by atoms with Gasteiger partial charge in [-0.15, -0.1) is 46.2 Å². The number of benzene rings is 2. The minimum Gasteiger partial charge on any atom is -1.00 e. The van der Waals surface area contributed by atoms with Gasteiger partial charge in [0.2, 0.25) is 0 Å². The third-order valence-electron chi connectivity index (χ3n) is 5.21. The summed E-state index contributed by atoms with van der Waals surface area (Å²) in [5.74, 6) is 0. The zero-order chi connectivity index (χ0) is 23.8. The van der Waals surface area contributed by atoms with Crippen molar-refractivity contribution < 1.29 is 53.5 Å². The number of halogens is 2. The Kier molecular flexibility index (Phi) is 15.4. The normalized spacial score (nSPS) is 12.6. The van der Waals surface area contributed by atoms with Crippen LogP contribution >= 0.6 is 0 Å². The molecule has 0 N–H and O–H groups in total. The predicted molar refractivity (Wildman–Crippen MR) is 146 cm³/mol. The van der Waals surface area contributed by atoms with Gasteiger partial charge in [-0.3, -0.25) is 6.08 Å². The van der Waals surface area contributed by atoms with Gasteiger partial charge in [-0.1, -0.05) is 49.5 Å². The van der Waals surface area contributed by atoms with E-state index in [0.29, 0.717) is 0 Å². The smallest absolute Gasteiger partial charge is 0.183 e. The van der Waals surface area contributed by atoms with Gasteiger partial charge in [0, 0.05) is 14.7 Å². The fourth-order valence-corrected chi connectivity index (χ4v) is 6.47. The molecule has 0 fully saturated rings. The second kappa shape index (κ2) is 15.6. The maximum absolute atomic E-state index is 5.93. The van der Waals surface area contributed by atoms with Crippen LogP contribution < -0.4 is 24.8 Å². The molecule has 0 bridgehead atoms. The quantitative estimate of drug-likeness (QED) is 0.319. The molecule has 0 atom stereocenters. The molecule has 184 valence electrons. The van der Waals surface area contributed by atoms with Crippen molar-refractivity contribution in [1.82, 2.24) is 0 Å². The van der Waals surface area contributed by atoms with E-state index in [9.17, 15) is 0 Å². The van der Waals surface area contributed by atoms with E-state index >= 15 is 0 Å². The van der Waals surface area contributed by atoms with E-state index in [1.54, 1.807) is 24.2 Å². The van der Waals surface area contributed by atoms with Crippen molar-refractivity contribution in [2.24, 2.45) is 0 Å². The van der Waals surface area contributed by atoms with E-state index in [-0.39, 0.29) is 24.8 Å². The summed E-state index contributed by atoms with van der Waals surface area (Å²) >= 11 is 1.55. The average molecular weight is 609 g/mol. The van der Waals surface area contributed by atoms with Crippen molar-refractivity contribution in [3.8, 4) is 0 Å². The minimum atomic E-state index is -1.32. The van der Waals surface area contributed by atoms with Crippen LogP contribution in [0.3, 0.4) is 0 Å². The van der Waals surface area contributed by atoms with Crippen molar-refractivity contribution in [2.45, 2.75) is 59.0 Å². The molecule has 0 heterocycles. The summed E-state index contributed by atoms with van der Waals surface area (Å²) in [6.45, 7) is 16.8. The summed E-state index contributed by atoms with van der Waals surface area (Å²) in [4.78, 5) is 0. The van der Waals surface area contributed by atoms with Crippen molar-refractivity contribution >= 4 is 41.1 Å². The molecule has 3 aromatic rings. The topological polar surface area (TPSA) is 9.23 Å². The Balaban J connectivity index is 0.000000529. The zero-order valence-corrected chi connectivity index (χ0v) is 27.6. The minimum absolute atomic E-state index is 0. The van der Waals surface area contributed by atoms with Crippen LogP contribution in [0, 0.1) is 6.08 Å². The number of allylic oxidation sites excluding steroid dienone is 4. The molecule has 6 heteroatoms.